The summed E-state index contributed by atoms with van der Waals surface area (Å²) in [6.45, 7) is 4.05. The summed E-state index contributed by atoms with van der Waals surface area (Å²) in [4.78, 5) is 38.0. The van der Waals surface area contributed by atoms with Crippen LogP contribution in [-0.4, -0.2) is 63.3 Å². The number of hydrogen-bond donors (Lipinski definition) is 0. The maximum absolute atomic E-state index is 13.1. The number of aromatic nitrogens is 4. The van der Waals surface area contributed by atoms with Crippen molar-refractivity contribution in [2.45, 2.75) is 25.8 Å². The Kier molecular flexibility index (Phi) is 5.83. The number of rotatable bonds is 7. The van der Waals surface area contributed by atoms with Gasteiger partial charge in [-0.2, -0.15) is 16.7 Å². The molecule has 2 unspecified atom stereocenters. The van der Waals surface area contributed by atoms with Crippen molar-refractivity contribution in [2.75, 3.05) is 31.8 Å². The molecule has 1 aliphatic heterocycles. The normalized spacial score (nSPS) is 22.0. The van der Waals surface area contributed by atoms with Crippen LogP contribution in [0.3, 0.4) is 0 Å². The van der Waals surface area contributed by atoms with Crippen LogP contribution in [0.4, 0.5) is 0 Å². The van der Waals surface area contributed by atoms with Gasteiger partial charge in [-0.15, -0.1) is 0 Å². The largest absolute Gasteiger partial charge is 0.479 e. The van der Waals surface area contributed by atoms with E-state index in [4.69, 9.17) is 14.2 Å². The molecule has 10 heteroatoms. The Bertz CT molecular complexity index is 842. The van der Waals surface area contributed by atoms with E-state index in [1.807, 2.05) is 0 Å². The number of carbonyl (C=O) groups is 2. The minimum absolute atomic E-state index is 0.113. The van der Waals surface area contributed by atoms with Crippen molar-refractivity contribution in [3.63, 3.8) is 0 Å². The third-order valence-corrected chi connectivity index (χ3v) is 5.87. The van der Waals surface area contributed by atoms with Crippen molar-refractivity contribution in [2.24, 2.45) is 5.92 Å². The average Bonchev–Trinajstić information content (AvgIpc) is 3.26. The SMILES string of the molecule is CCOC(=O)CC1CSCC1(C(=O)OCC)n1cnc2c(OC)ncnc21. The van der Waals surface area contributed by atoms with E-state index in [1.165, 1.54) is 13.4 Å². The Morgan fingerprint density at radius 1 is 1.26 bits per heavy atom. The van der Waals surface area contributed by atoms with Crippen LogP contribution in [0.1, 0.15) is 20.3 Å². The first-order valence-electron chi connectivity index (χ1n) is 8.71. The van der Waals surface area contributed by atoms with Crippen molar-refractivity contribution < 1.29 is 23.8 Å². The first-order chi connectivity index (χ1) is 13.1. The van der Waals surface area contributed by atoms with Crippen LogP contribution in [0.2, 0.25) is 0 Å². The fraction of sp³-hybridized carbons (Fsp3) is 0.588. The number of imidazole rings is 1. The van der Waals surface area contributed by atoms with Gasteiger partial charge in [-0.1, -0.05) is 0 Å². The summed E-state index contributed by atoms with van der Waals surface area (Å²) >= 11 is 1.59. The van der Waals surface area contributed by atoms with Crippen LogP contribution in [0.15, 0.2) is 12.7 Å². The van der Waals surface area contributed by atoms with Crippen molar-refractivity contribution in [3.8, 4) is 5.88 Å². The summed E-state index contributed by atoms with van der Waals surface area (Å²) in [5, 5.41) is 0. The van der Waals surface area contributed by atoms with Crippen molar-refractivity contribution >= 4 is 34.9 Å². The zero-order valence-electron chi connectivity index (χ0n) is 15.5. The Hall–Kier alpha value is -2.36. The minimum Gasteiger partial charge on any atom is -0.479 e. The fourth-order valence-electron chi connectivity index (χ4n) is 3.36. The van der Waals surface area contributed by atoms with E-state index in [9.17, 15) is 9.59 Å². The molecule has 2 aromatic rings. The van der Waals surface area contributed by atoms with E-state index in [0.29, 0.717) is 35.2 Å². The van der Waals surface area contributed by atoms with Crippen molar-refractivity contribution in [1.82, 2.24) is 19.5 Å². The second kappa shape index (κ2) is 8.12. The number of methoxy groups -OCH3 is 1. The van der Waals surface area contributed by atoms with Crippen molar-refractivity contribution in [3.05, 3.63) is 12.7 Å². The minimum atomic E-state index is -1.10. The average molecular weight is 394 g/mol. The highest BCUT2D eigenvalue weighted by molar-refractivity contribution is 7.99. The zero-order chi connectivity index (χ0) is 19.4. The van der Waals surface area contributed by atoms with E-state index in [1.54, 1.807) is 36.5 Å². The predicted octanol–water partition coefficient (Wildman–Crippen LogP) is 1.41. The van der Waals surface area contributed by atoms with E-state index in [2.05, 4.69) is 15.0 Å². The summed E-state index contributed by atoms with van der Waals surface area (Å²) in [5.74, 6) is 0.355. The number of thioether (sulfide) groups is 1. The van der Waals surface area contributed by atoms with Crippen LogP contribution in [0, 0.1) is 5.92 Å². The Morgan fingerprint density at radius 2 is 2.04 bits per heavy atom. The summed E-state index contributed by atoms with van der Waals surface area (Å²) in [7, 11) is 1.50. The number of esters is 2. The van der Waals surface area contributed by atoms with E-state index in [-0.39, 0.29) is 24.9 Å². The van der Waals surface area contributed by atoms with Gasteiger partial charge in [0.25, 0.3) is 0 Å². The van der Waals surface area contributed by atoms with Crippen molar-refractivity contribution in [1.29, 1.82) is 0 Å². The molecule has 146 valence electrons. The maximum atomic E-state index is 13.1. The van der Waals surface area contributed by atoms with Gasteiger partial charge in [0.1, 0.15) is 6.33 Å². The van der Waals surface area contributed by atoms with Crippen LogP contribution >= 0.6 is 11.8 Å². The molecular formula is C17H22N4O5S. The molecule has 2 atom stereocenters. The molecule has 1 fully saturated rings. The highest BCUT2D eigenvalue weighted by Gasteiger charge is 2.54. The molecule has 0 amide bonds. The quantitative estimate of drug-likeness (QED) is 0.644. The third kappa shape index (κ3) is 3.33. The monoisotopic (exact) mass is 394 g/mol. The molecular weight excluding hydrogens is 372 g/mol. The van der Waals surface area contributed by atoms with Crippen LogP contribution in [0.5, 0.6) is 5.88 Å². The molecule has 0 radical (unpaired) electrons. The number of nitrogens with zero attached hydrogens (tertiary/aromatic N) is 4. The van der Waals surface area contributed by atoms with Gasteiger partial charge < -0.3 is 14.2 Å². The molecule has 0 N–H and O–H groups in total. The smallest absolute Gasteiger partial charge is 0.333 e. The molecule has 1 saturated heterocycles. The molecule has 2 aromatic heterocycles. The number of hydrogen-bond acceptors (Lipinski definition) is 9. The van der Waals surface area contributed by atoms with E-state index >= 15 is 0 Å². The molecule has 9 nitrogen and oxygen atoms in total. The summed E-state index contributed by atoms with van der Waals surface area (Å²) in [6, 6.07) is 0. The zero-order valence-corrected chi connectivity index (χ0v) is 16.3. The Morgan fingerprint density at radius 3 is 2.74 bits per heavy atom. The summed E-state index contributed by atoms with van der Waals surface area (Å²) in [5.41, 5.74) is -0.177. The molecule has 1 aliphatic rings. The van der Waals surface area contributed by atoms with Gasteiger partial charge in [-0.05, 0) is 19.6 Å². The molecule has 0 saturated carbocycles. The van der Waals surface area contributed by atoms with Gasteiger partial charge in [-0.3, -0.25) is 9.36 Å². The second-order valence-electron chi connectivity index (χ2n) is 6.04. The van der Waals surface area contributed by atoms with Gasteiger partial charge in [0.05, 0.1) is 33.1 Å². The molecule has 0 aliphatic carbocycles. The maximum Gasteiger partial charge on any atom is 0.333 e. The predicted molar refractivity (Wildman–Crippen MR) is 98.5 cm³/mol. The van der Waals surface area contributed by atoms with Crippen LogP contribution in [-0.2, 0) is 24.6 Å². The fourth-order valence-corrected chi connectivity index (χ4v) is 4.96. The van der Waals surface area contributed by atoms with Gasteiger partial charge in [-0.25, -0.2) is 14.8 Å². The lowest BCUT2D eigenvalue weighted by Crippen LogP contribution is -2.49. The highest BCUT2D eigenvalue weighted by atomic mass is 32.2. The van der Waals surface area contributed by atoms with Gasteiger partial charge in [0.15, 0.2) is 16.7 Å². The Labute approximate surface area is 160 Å². The molecule has 3 rings (SSSR count). The van der Waals surface area contributed by atoms with Gasteiger partial charge >= 0.3 is 11.9 Å². The number of carbonyl (C=O) groups excluding carboxylic acids is 2. The molecule has 0 bridgehead atoms. The third-order valence-electron chi connectivity index (χ3n) is 4.59. The van der Waals surface area contributed by atoms with Gasteiger partial charge in [0.2, 0.25) is 5.88 Å². The van der Waals surface area contributed by atoms with E-state index in [0.717, 1.165) is 0 Å². The molecule has 0 spiro atoms. The second-order valence-corrected chi connectivity index (χ2v) is 7.07. The lowest BCUT2D eigenvalue weighted by molar-refractivity contribution is -0.156. The Balaban J connectivity index is 2.11. The standard InChI is InChI=1S/C17H22N4O5S/c1-4-25-12(22)6-11-7-27-8-17(11,16(23)26-5-2)21-10-20-13-14(21)18-9-19-15(13)24-3/h9-11H,4-8H2,1-3H3. The van der Waals surface area contributed by atoms with E-state index < -0.39 is 11.5 Å². The molecule has 0 aromatic carbocycles. The van der Waals surface area contributed by atoms with Crippen LogP contribution in [0.25, 0.3) is 11.2 Å². The number of ether oxygens (including phenoxy) is 3. The summed E-state index contributed by atoms with van der Waals surface area (Å²) in [6.07, 6.45) is 3.02. The lowest BCUT2D eigenvalue weighted by atomic mass is 9.84. The molecule has 27 heavy (non-hydrogen) atoms. The molecule has 3 heterocycles. The lowest BCUT2D eigenvalue weighted by Gasteiger charge is -2.33. The van der Waals surface area contributed by atoms with Crippen LogP contribution < -0.4 is 4.74 Å². The first-order valence-corrected chi connectivity index (χ1v) is 9.87. The summed E-state index contributed by atoms with van der Waals surface area (Å²) < 4.78 is 17.5. The number of fused-ring (bicyclic) bond motifs is 1. The van der Waals surface area contributed by atoms with Gasteiger partial charge in [0, 0.05) is 11.7 Å². The topological polar surface area (TPSA) is 105 Å². The first kappa shape index (κ1) is 19.4. The highest BCUT2D eigenvalue weighted by Crippen LogP contribution is 2.44.